The summed E-state index contributed by atoms with van der Waals surface area (Å²) in [4.78, 5) is 30.3. The van der Waals surface area contributed by atoms with Gasteiger partial charge in [0.15, 0.2) is 5.78 Å². The van der Waals surface area contributed by atoms with E-state index in [-0.39, 0.29) is 0 Å². The molecule has 0 aliphatic carbocycles. The van der Waals surface area contributed by atoms with Gasteiger partial charge in [-0.15, -0.1) is 0 Å². The number of aliphatic hydroxyl groups excluding tert-OH is 3. The smallest absolute Gasteiger partial charge is 0.333 e. The first-order valence-electron chi connectivity index (χ1n) is 4.31. The molecule has 98 valence electrons. The predicted octanol–water partition coefficient (Wildman–Crippen LogP) is -1.87. The van der Waals surface area contributed by atoms with Crippen LogP contribution < -0.4 is 0 Å². The molecular formula is C6H12N3O7P. The highest BCUT2D eigenvalue weighted by molar-refractivity contribution is 7.52. The molecule has 0 spiro atoms. The van der Waals surface area contributed by atoms with Crippen LogP contribution in [0, 0.1) is 0 Å². The van der Waals surface area contributed by atoms with Gasteiger partial charge in [0.2, 0.25) is 0 Å². The Morgan fingerprint density at radius 2 is 1.88 bits per heavy atom. The zero-order valence-corrected chi connectivity index (χ0v) is 9.38. The van der Waals surface area contributed by atoms with Crippen LogP contribution in [0.4, 0.5) is 0 Å². The van der Waals surface area contributed by atoms with E-state index in [1.54, 1.807) is 0 Å². The van der Waals surface area contributed by atoms with Crippen LogP contribution >= 0.6 is 7.60 Å². The lowest BCUT2D eigenvalue weighted by Crippen LogP contribution is -2.44. The summed E-state index contributed by atoms with van der Waals surface area (Å²) in [6.07, 6.45) is -7.10. The largest absolute Gasteiger partial charge is 0.390 e. The van der Waals surface area contributed by atoms with Crippen molar-refractivity contribution in [2.24, 2.45) is 5.11 Å². The van der Waals surface area contributed by atoms with Crippen LogP contribution in [0.2, 0.25) is 0 Å². The summed E-state index contributed by atoms with van der Waals surface area (Å²) < 4.78 is 10.5. The first kappa shape index (κ1) is 16.0. The standard InChI is InChI=1S/C6H12N3O7P/c7-9-8-1-3(10)5(12)6(13)4(11)2-17(14,15)16/h3,5-6,10,12-13H,1-2H2,(H2,14,15,16). The summed E-state index contributed by atoms with van der Waals surface area (Å²) in [6.45, 7) is -0.585. The van der Waals surface area contributed by atoms with Crippen LogP contribution in [0.5, 0.6) is 0 Å². The molecule has 0 aliphatic rings. The fourth-order valence-electron chi connectivity index (χ4n) is 0.926. The van der Waals surface area contributed by atoms with Gasteiger partial charge in [0.05, 0.1) is 12.6 Å². The SMILES string of the molecule is [N-]=[N+]=NCC(O)C(O)C(O)C(=O)CP(=O)(O)O. The van der Waals surface area contributed by atoms with Crippen molar-refractivity contribution in [1.29, 1.82) is 0 Å². The minimum atomic E-state index is -4.65. The van der Waals surface area contributed by atoms with Gasteiger partial charge in [-0.1, -0.05) is 5.11 Å². The van der Waals surface area contributed by atoms with Crippen LogP contribution in [-0.4, -0.2) is 61.9 Å². The molecule has 10 nitrogen and oxygen atoms in total. The maximum Gasteiger partial charge on any atom is 0.333 e. The summed E-state index contributed by atoms with van der Waals surface area (Å²) in [5, 5.41) is 30.5. The lowest BCUT2D eigenvalue weighted by Gasteiger charge is -2.20. The normalized spacial score (nSPS) is 16.8. The molecule has 0 saturated carbocycles. The Hall–Kier alpha value is -0.990. The zero-order chi connectivity index (χ0) is 13.6. The molecule has 5 N–H and O–H groups in total. The van der Waals surface area contributed by atoms with E-state index in [2.05, 4.69) is 10.0 Å². The maximum atomic E-state index is 11.1. The van der Waals surface area contributed by atoms with Crippen molar-refractivity contribution < 1.29 is 34.5 Å². The molecule has 0 aromatic rings. The number of ketones is 1. The van der Waals surface area contributed by atoms with Gasteiger partial charge in [0, 0.05) is 4.91 Å². The number of hydrogen-bond donors (Lipinski definition) is 5. The number of aliphatic hydroxyl groups is 3. The Labute approximate surface area is 95.3 Å². The number of hydrogen-bond acceptors (Lipinski definition) is 6. The van der Waals surface area contributed by atoms with E-state index in [1.807, 2.05) is 0 Å². The number of Topliss-reactive ketones (excluding diaryl/α,β-unsaturated/α-hetero) is 1. The van der Waals surface area contributed by atoms with Crippen molar-refractivity contribution in [2.45, 2.75) is 18.3 Å². The van der Waals surface area contributed by atoms with Crippen molar-refractivity contribution in [3.8, 4) is 0 Å². The average molecular weight is 269 g/mol. The van der Waals surface area contributed by atoms with Crippen molar-refractivity contribution in [2.75, 3.05) is 12.7 Å². The van der Waals surface area contributed by atoms with E-state index in [4.69, 9.17) is 20.4 Å². The zero-order valence-electron chi connectivity index (χ0n) is 8.49. The summed E-state index contributed by atoms with van der Waals surface area (Å²) >= 11 is 0. The number of rotatable bonds is 7. The average Bonchev–Trinajstić information content (AvgIpc) is 2.21. The van der Waals surface area contributed by atoms with Gasteiger partial charge in [-0.2, -0.15) is 0 Å². The Bertz CT molecular complexity index is 363. The third kappa shape index (κ3) is 6.35. The van der Waals surface area contributed by atoms with Crippen LogP contribution in [0.1, 0.15) is 0 Å². The summed E-state index contributed by atoms with van der Waals surface area (Å²) in [7, 11) is -4.65. The summed E-state index contributed by atoms with van der Waals surface area (Å²) in [5.74, 6) is -1.31. The Kier molecular flexibility index (Phi) is 6.29. The van der Waals surface area contributed by atoms with Crippen molar-refractivity contribution >= 4 is 13.4 Å². The molecular weight excluding hydrogens is 257 g/mol. The molecule has 0 bridgehead atoms. The highest BCUT2D eigenvalue weighted by Crippen LogP contribution is 2.34. The second kappa shape index (κ2) is 6.67. The van der Waals surface area contributed by atoms with Gasteiger partial charge in [0.25, 0.3) is 0 Å². The molecule has 0 rings (SSSR count). The summed E-state index contributed by atoms with van der Waals surface area (Å²) in [5.41, 5.74) is 7.93. The molecule has 0 fully saturated rings. The van der Waals surface area contributed by atoms with E-state index < -0.39 is 44.4 Å². The van der Waals surface area contributed by atoms with E-state index in [9.17, 15) is 19.6 Å². The molecule has 0 aromatic heterocycles. The van der Waals surface area contributed by atoms with Crippen molar-refractivity contribution in [1.82, 2.24) is 0 Å². The summed E-state index contributed by atoms with van der Waals surface area (Å²) in [6, 6.07) is 0. The fraction of sp³-hybridized carbons (Fsp3) is 0.833. The Morgan fingerprint density at radius 3 is 2.29 bits per heavy atom. The van der Waals surface area contributed by atoms with Gasteiger partial charge in [-0.3, -0.25) is 9.36 Å². The van der Waals surface area contributed by atoms with E-state index >= 15 is 0 Å². The van der Waals surface area contributed by atoms with Gasteiger partial charge in [-0.25, -0.2) is 0 Å². The van der Waals surface area contributed by atoms with Gasteiger partial charge >= 0.3 is 7.60 Å². The molecule has 3 unspecified atom stereocenters. The minimum absolute atomic E-state index is 0.585. The molecule has 0 aromatic carbocycles. The van der Waals surface area contributed by atoms with Crippen LogP contribution in [-0.2, 0) is 9.36 Å². The van der Waals surface area contributed by atoms with Crippen LogP contribution in [0.3, 0.4) is 0 Å². The molecule has 0 radical (unpaired) electrons. The second-order valence-corrected chi connectivity index (χ2v) is 4.85. The lowest BCUT2D eigenvalue weighted by molar-refractivity contribution is -0.135. The van der Waals surface area contributed by atoms with E-state index in [0.29, 0.717) is 0 Å². The molecule has 0 aliphatic heterocycles. The molecule has 11 heteroatoms. The highest BCUT2D eigenvalue weighted by atomic mass is 31.2. The first-order chi connectivity index (χ1) is 7.69. The maximum absolute atomic E-state index is 11.1. The quantitative estimate of drug-likeness (QED) is 0.155. The topological polar surface area (TPSA) is 184 Å². The van der Waals surface area contributed by atoms with Gasteiger partial charge < -0.3 is 25.1 Å². The Morgan fingerprint density at radius 1 is 1.35 bits per heavy atom. The number of carbonyl (C=O) groups excluding carboxylic acids is 1. The minimum Gasteiger partial charge on any atom is -0.390 e. The highest BCUT2D eigenvalue weighted by Gasteiger charge is 2.33. The van der Waals surface area contributed by atoms with Crippen molar-refractivity contribution in [3.05, 3.63) is 10.4 Å². The number of azide groups is 1. The number of nitrogens with zero attached hydrogens (tertiary/aromatic N) is 3. The van der Waals surface area contributed by atoms with Gasteiger partial charge in [-0.05, 0) is 5.53 Å². The molecule has 17 heavy (non-hydrogen) atoms. The van der Waals surface area contributed by atoms with Crippen LogP contribution in [0.25, 0.3) is 10.4 Å². The van der Waals surface area contributed by atoms with Crippen molar-refractivity contribution in [3.63, 3.8) is 0 Å². The molecule has 3 atom stereocenters. The molecule has 0 saturated heterocycles. The third-order valence-corrected chi connectivity index (χ3v) is 2.46. The van der Waals surface area contributed by atoms with E-state index in [0.717, 1.165) is 0 Å². The Balaban J connectivity index is 4.48. The molecule has 0 heterocycles. The fourth-order valence-corrected chi connectivity index (χ4v) is 1.52. The third-order valence-electron chi connectivity index (χ3n) is 1.74. The predicted molar refractivity (Wildman–Crippen MR) is 54.0 cm³/mol. The molecule has 0 amide bonds. The second-order valence-electron chi connectivity index (χ2n) is 3.21. The number of carbonyl (C=O) groups is 1. The van der Waals surface area contributed by atoms with Gasteiger partial charge in [0.1, 0.15) is 18.4 Å². The van der Waals surface area contributed by atoms with Crippen LogP contribution in [0.15, 0.2) is 5.11 Å². The first-order valence-corrected chi connectivity index (χ1v) is 6.11. The van der Waals surface area contributed by atoms with E-state index in [1.165, 1.54) is 0 Å². The lowest BCUT2D eigenvalue weighted by atomic mass is 10.1. The monoisotopic (exact) mass is 269 g/mol.